The molecule has 0 saturated heterocycles. The third kappa shape index (κ3) is 6.29. The van der Waals surface area contributed by atoms with E-state index in [1.165, 1.54) is 0 Å². The van der Waals surface area contributed by atoms with Crippen LogP contribution in [0.1, 0.15) is 47.0 Å². The first-order chi connectivity index (χ1) is 5.86. The maximum atomic E-state index is 11.5. The van der Waals surface area contributed by atoms with Gasteiger partial charge in [0.1, 0.15) is 0 Å². The molecule has 0 rings (SSSR count). The molecule has 0 aliphatic rings. The second-order valence-corrected chi connectivity index (χ2v) is 7.45. The van der Waals surface area contributed by atoms with Gasteiger partial charge in [0.2, 0.25) is 7.37 Å². The van der Waals surface area contributed by atoms with Gasteiger partial charge in [-0.3, -0.25) is 4.57 Å². The van der Waals surface area contributed by atoms with Crippen LogP contribution in [0, 0.1) is 5.92 Å². The fourth-order valence-electron chi connectivity index (χ4n) is 1.15. The van der Waals surface area contributed by atoms with Gasteiger partial charge in [-0.15, -0.1) is 0 Å². The minimum atomic E-state index is -2.82. The van der Waals surface area contributed by atoms with Gasteiger partial charge in [-0.2, -0.15) is 0 Å². The Labute approximate surface area is 82.2 Å². The minimum Gasteiger partial charge on any atom is -0.344 e. The lowest BCUT2D eigenvalue weighted by atomic mass is 10.1. The third-order valence-electron chi connectivity index (χ3n) is 2.32. The molecule has 0 aliphatic heterocycles. The fraction of sp³-hybridized carbons (Fsp3) is 1.00. The SMILES string of the molecule is CC(C)CCCCP(=O)(O)C(C)C. The van der Waals surface area contributed by atoms with Crippen LogP contribution in [0.5, 0.6) is 0 Å². The Morgan fingerprint density at radius 3 is 2.08 bits per heavy atom. The van der Waals surface area contributed by atoms with Gasteiger partial charge in [0.25, 0.3) is 0 Å². The van der Waals surface area contributed by atoms with E-state index in [9.17, 15) is 9.46 Å². The molecule has 1 N–H and O–H groups in total. The van der Waals surface area contributed by atoms with Crippen LogP contribution >= 0.6 is 7.37 Å². The zero-order valence-corrected chi connectivity index (χ0v) is 10.2. The molecule has 0 bridgehead atoms. The van der Waals surface area contributed by atoms with Crippen molar-refractivity contribution >= 4 is 7.37 Å². The first-order valence-electron chi connectivity index (χ1n) is 5.17. The predicted octanol–water partition coefficient (Wildman–Crippen LogP) is 3.49. The molecule has 0 aromatic rings. The summed E-state index contributed by atoms with van der Waals surface area (Å²) in [6.45, 7) is 8.01. The van der Waals surface area contributed by atoms with Crippen molar-refractivity contribution in [2.24, 2.45) is 5.92 Å². The number of rotatable bonds is 6. The van der Waals surface area contributed by atoms with Crippen molar-refractivity contribution in [1.29, 1.82) is 0 Å². The zero-order chi connectivity index (χ0) is 10.5. The Bertz CT molecular complexity index is 176. The van der Waals surface area contributed by atoms with Crippen molar-refractivity contribution in [3.8, 4) is 0 Å². The lowest BCUT2D eigenvalue weighted by molar-refractivity contribution is 0.462. The summed E-state index contributed by atoms with van der Waals surface area (Å²) in [5.41, 5.74) is -0.0773. The largest absolute Gasteiger partial charge is 0.344 e. The average Bonchev–Trinajstić information content (AvgIpc) is 1.97. The summed E-state index contributed by atoms with van der Waals surface area (Å²) in [7, 11) is -2.82. The standard InChI is InChI=1S/C10H23O2P/c1-9(2)7-5-6-8-13(11,12)10(3)4/h9-10H,5-8H2,1-4H3,(H,11,12). The van der Waals surface area contributed by atoms with Crippen LogP contribution in [0.4, 0.5) is 0 Å². The Kier molecular flexibility index (Phi) is 5.91. The van der Waals surface area contributed by atoms with Crippen molar-refractivity contribution in [2.75, 3.05) is 6.16 Å². The second-order valence-electron chi connectivity index (χ2n) is 4.46. The van der Waals surface area contributed by atoms with Crippen molar-refractivity contribution in [2.45, 2.75) is 52.6 Å². The average molecular weight is 206 g/mol. The third-order valence-corrected chi connectivity index (χ3v) is 4.89. The first-order valence-corrected chi connectivity index (χ1v) is 7.09. The van der Waals surface area contributed by atoms with Crippen LogP contribution in [-0.4, -0.2) is 16.7 Å². The molecule has 1 unspecified atom stereocenters. The molecule has 2 nitrogen and oxygen atoms in total. The van der Waals surface area contributed by atoms with Crippen LogP contribution in [-0.2, 0) is 4.57 Å². The highest BCUT2D eigenvalue weighted by Crippen LogP contribution is 2.46. The summed E-state index contributed by atoms with van der Waals surface area (Å²) in [6, 6.07) is 0. The lowest BCUT2D eigenvalue weighted by Crippen LogP contribution is -2.01. The maximum absolute atomic E-state index is 11.5. The quantitative estimate of drug-likeness (QED) is 0.533. The molecule has 0 aliphatic carbocycles. The molecule has 80 valence electrons. The summed E-state index contributed by atoms with van der Waals surface area (Å²) in [6.07, 6.45) is 3.63. The molecule has 0 aromatic carbocycles. The minimum absolute atomic E-state index is 0.0773. The highest BCUT2D eigenvalue weighted by molar-refractivity contribution is 7.58. The van der Waals surface area contributed by atoms with Crippen molar-refractivity contribution in [3.63, 3.8) is 0 Å². The van der Waals surface area contributed by atoms with E-state index < -0.39 is 7.37 Å². The molecule has 0 radical (unpaired) electrons. The van der Waals surface area contributed by atoms with Crippen molar-refractivity contribution in [1.82, 2.24) is 0 Å². The molecule has 0 heterocycles. The topological polar surface area (TPSA) is 37.3 Å². The Morgan fingerprint density at radius 1 is 1.15 bits per heavy atom. The summed E-state index contributed by atoms with van der Waals surface area (Å²) >= 11 is 0. The molecular weight excluding hydrogens is 183 g/mol. The van der Waals surface area contributed by atoms with Gasteiger partial charge in [0.15, 0.2) is 0 Å². The molecular formula is C10H23O2P. The van der Waals surface area contributed by atoms with E-state index in [4.69, 9.17) is 0 Å². The molecule has 0 aromatic heterocycles. The zero-order valence-electron chi connectivity index (χ0n) is 9.29. The summed E-state index contributed by atoms with van der Waals surface area (Å²) in [5, 5.41) is 0. The highest BCUT2D eigenvalue weighted by atomic mass is 31.2. The van der Waals surface area contributed by atoms with Gasteiger partial charge < -0.3 is 4.89 Å². The fourth-order valence-corrected chi connectivity index (χ4v) is 2.34. The van der Waals surface area contributed by atoms with Crippen molar-refractivity contribution < 1.29 is 9.46 Å². The van der Waals surface area contributed by atoms with E-state index >= 15 is 0 Å². The lowest BCUT2D eigenvalue weighted by Gasteiger charge is -2.15. The van der Waals surface area contributed by atoms with Crippen LogP contribution < -0.4 is 0 Å². The van der Waals surface area contributed by atoms with E-state index in [0.29, 0.717) is 12.1 Å². The number of hydrogen-bond acceptors (Lipinski definition) is 1. The molecule has 0 amide bonds. The summed E-state index contributed by atoms with van der Waals surface area (Å²) in [5.74, 6) is 0.706. The van der Waals surface area contributed by atoms with E-state index in [1.54, 1.807) is 0 Å². The van der Waals surface area contributed by atoms with Gasteiger partial charge in [0.05, 0.1) is 0 Å². The molecule has 1 atom stereocenters. The van der Waals surface area contributed by atoms with E-state index in [0.717, 1.165) is 19.3 Å². The smallest absolute Gasteiger partial charge is 0.203 e. The van der Waals surface area contributed by atoms with Crippen molar-refractivity contribution in [3.05, 3.63) is 0 Å². The van der Waals surface area contributed by atoms with Gasteiger partial charge in [0, 0.05) is 11.8 Å². The number of unbranched alkanes of at least 4 members (excludes halogenated alkanes) is 1. The van der Waals surface area contributed by atoms with Crippen LogP contribution in [0.3, 0.4) is 0 Å². The molecule has 0 spiro atoms. The highest BCUT2D eigenvalue weighted by Gasteiger charge is 2.21. The predicted molar refractivity (Wildman–Crippen MR) is 58.5 cm³/mol. The molecule has 3 heteroatoms. The van der Waals surface area contributed by atoms with Crippen LogP contribution in [0.2, 0.25) is 0 Å². The second kappa shape index (κ2) is 5.82. The summed E-state index contributed by atoms with van der Waals surface area (Å²) < 4.78 is 11.5. The number of hydrogen-bond donors (Lipinski definition) is 1. The Balaban J connectivity index is 3.59. The van der Waals surface area contributed by atoms with Gasteiger partial charge in [-0.1, -0.05) is 40.5 Å². The Morgan fingerprint density at radius 2 is 1.69 bits per heavy atom. The summed E-state index contributed by atoms with van der Waals surface area (Å²) in [4.78, 5) is 9.51. The Hall–Kier alpha value is 0.190. The molecule has 0 fully saturated rings. The van der Waals surface area contributed by atoms with Crippen LogP contribution in [0.25, 0.3) is 0 Å². The monoisotopic (exact) mass is 206 g/mol. The van der Waals surface area contributed by atoms with E-state index in [1.807, 2.05) is 13.8 Å². The van der Waals surface area contributed by atoms with Gasteiger partial charge in [-0.05, 0) is 12.3 Å². The van der Waals surface area contributed by atoms with Gasteiger partial charge >= 0.3 is 0 Å². The maximum Gasteiger partial charge on any atom is 0.203 e. The first kappa shape index (κ1) is 13.2. The van der Waals surface area contributed by atoms with E-state index in [-0.39, 0.29) is 5.66 Å². The van der Waals surface area contributed by atoms with E-state index in [2.05, 4.69) is 13.8 Å². The van der Waals surface area contributed by atoms with Crippen LogP contribution in [0.15, 0.2) is 0 Å². The van der Waals surface area contributed by atoms with Gasteiger partial charge in [-0.25, -0.2) is 0 Å². The molecule has 13 heavy (non-hydrogen) atoms. The normalized spacial score (nSPS) is 16.5. The molecule has 0 saturated carbocycles.